The minimum Gasteiger partial charge on any atom is -0.399 e. The largest absolute Gasteiger partial charge is 0.399 e. The van der Waals surface area contributed by atoms with E-state index in [1.54, 1.807) is 0 Å². The van der Waals surface area contributed by atoms with Gasteiger partial charge in [-0.3, -0.25) is 0 Å². The predicted octanol–water partition coefficient (Wildman–Crippen LogP) is 3.09. The van der Waals surface area contributed by atoms with E-state index in [0.29, 0.717) is 11.4 Å². The highest BCUT2D eigenvalue weighted by Crippen LogP contribution is 2.32. The molecule has 2 aromatic rings. The van der Waals surface area contributed by atoms with Gasteiger partial charge in [0.1, 0.15) is 0 Å². The Labute approximate surface area is 111 Å². The molecule has 0 aliphatic carbocycles. The van der Waals surface area contributed by atoms with E-state index in [-0.39, 0.29) is 0 Å². The fourth-order valence-electron chi connectivity index (χ4n) is 2.21. The smallest absolute Gasteiger partial charge is 0.0971 e. The summed E-state index contributed by atoms with van der Waals surface area (Å²) >= 11 is 1.81. The van der Waals surface area contributed by atoms with Crippen molar-refractivity contribution in [3.05, 3.63) is 30.3 Å². The zero-order valence-electron chi connectivity index (χ0n) is 10.3. The molecule has 1 saturated heterocycles. The Hall–Kier alpha value is -1.26. The van der Waals surface area contributed by atoms with Crippen molar-refractivity contribution in [1.29, 1.82) is 0 Å². The van der Waals surface area contributed by atoms with Crippen LogP contribution in [0.3, 0.4) is 0 Å². The minimum atomic E-state index is 0.318. The van der Waals surface area contributed by atoms with Crippen LogP contribution in [0.5, 0.6) is 0 Å². The summed E-state index contributed by atoms with van der Waals surface area (Å²) in [6.45, 7) is 3.00. The molecule has 18 heavy (non-hydrogen) atoms. The third-order valence-corrected chi connectivity index (χ3v) is 4.66. The number of hydrogen-bond donors (Lipinski definition) is 1. The zero-order valence-corrected chi connectivity index (χ0v) is 11.1. The molecule has 2 atom stereocenters. The van der Waals surface area contributed by atoms with Gasteiger partial charge in [-0.1, -0.05) is 6.07 Å². The molecule has 4 heteroatoms. The first kappa shape index (κ1) is 11.8. The van der Waals surface area contributed by atoms with Gasteiger partial charge in [0, 0.05) is 22.9 Å². The van der Waals surface area contributed by atoms with Crippen LogP contribution in [0.15, 0.2) is 35.4 Å². The quantitative estimate of drug-likeness (QED) is 0.843. The van der Waals surface area contributed by atoms with Gasteiger partial charge in [0.25, 0.3) is 0 Å². The Bertz CT molecular complexity index is 573. The molecule has 0 saturated carbocycles. The first-order valence-electron chi connectivity index (χ1n) is 6.17. The monoisotopic (exact) mass is 260 g/mol. The highest BCUT2D eigenvalue weighted by atomic mass is 32.2. The van der Waals surface area contributed by atoms with E-state index < -0.39 is 0 Å². The molecular formula is C14H16N2OS. The molecule has 0 amide bonds. The van der Waals surface area contributed by atoms with Crippen molar-refractivity contribution in [3.63, 3.8) is 0 Å². The van der Waals surface area contributed by atoms with Crippen molar-refractivity contribution >= 4 is 28.4 Å². The number of rotatable bonds is 2. The third-order valence-electron chi connectivity index (χ3n) is 3.27. The number of nitrogens with two attached hydrogens (primary N) is 1. The van der Waals surface area contributed by atoms with Gasteiger partial charge < -0.3 is 10.5 Å². The summed E-state index contributed by atoms with van der Waals surface area (Å²) in [6, 6.07) is 9.98. The van der Waals surface area contributed by atoms with Gasteiger partial charge in [0.2, 0.25) is 0 Å². The second-order valence-corrected chi connectivity index (χ2v) is 5.88. The summed E-state index contributed by atoms with van der Waals surface area (Å²) in [7, 11) is 0. The summed E-state index contributed by atoms with van der Waals surface area (Å²) < 4.78 is 5.58. The van der Waals surface area contributed by atoms with Crippen LogP contribution in [0.2, 0.25) is 0 Å². The molecule has 0 bridgehead atoms. The summed E-state index contributed by atoms with van der Waals surface area (Å²) in [6.07, 6.45) is 1.42. The first-order chi connectivity index (χ1) is 8.72. The molecule has 94 valence electrons. The summed E-state index contributed by atoms with van der Waals surface area (Å²) in [5, 5.41) is 2.67. The summed E-state index contributed by atoms with van der Waals surface area (Å²) in [5.41, 5.74) is 7.54. The zero-order chi connectivity index (χ0) is 12.5. The maximum atomic E-state index is 5.76. The fourth-order valence-corrected chi connectivity index (χ4v) is 3.31. The van der Waals surface area contributed by atoms with Crippen molar-refractivity contribution in [2.24, 2.45) is 0 Å². The van der Waals surface area contributed by atoms with Crippen molar-refractivity contribution in [3.8, 4) is 0 Å². The van der Waals surface area contributed by atoms with Crippen LogP contribution < -0.4 is 5.73 Å². The topological polar surface area (TPSA) is 48.1 Å². The van der Waals surface area contributed by atoms with E-state index in [4.69, 9.17) is 10.5 Å². The molecule has 1 aliphatic heterocycles. The number of nitrogens with zero attached hydrogens (tertiary/aromatic N) is 1. The van der Waals surface area contributed by atoms with Crippen LogP contribution in [0.1, 0.15) is 13.3 Å². The van der Waals surface area contributed by atoms with Gasteiger partial charge >= 0.3 is 0 Å². The number of fused-ring (bicyclic) bond motifs is 1. The maximum Gasteiger partial charge on any atom is 0.0971 e. The molecule has 1 aromatic carbocycles. The Morgan fingerprint density at radius 1 is 1.33 bits per heavy atom. The van der Waals surface area contributed by atoms with Crippen LogP contribution in [0, 0.1) is 0 Å². The van der Waals surface area contributed by atoms with Gasteiger partial charge in [-0.2, -0.15) is 0 Å². The number of nitrogen functional groups attached to an aromatic ring is 1. The molecule has 1 aliphatic rings. The van der Waals surface area contributed by atoms with Gasteiger partial charge in [0.05, 0.1) is 16.6 Å². The van der Waals surface area contributed by atoms with Crippen LogP contribution in [0.4, 0.5) is 5.69 Å². The van der Waals surface area contributed by atoms with Gasteiger partial charge in [0.15, 0.2) is 0 Å². The van der Waals surface area contributed by atoms with Crippen molar-refractivity contribution in [2.45, 2.75) is 29.7 Å². The third kappa shape index (κ3) is 2.31. The highest BCUT2D eigenvalue weighted by molar-refractivity contribution is 7.99. The molecule has 1 aromatic heterocycles. The van der Waals surface area contributed by atoms with Crippen LogP contribution in [-0.2, 0) is 4.74 Å². The van der Waals surface area contributed by atoms with Crippen molar-refractivity contribution in [1.82, 2.24) is 4.98 Å². The number of thioether (sulfide) groups is 1. The van der Waals surface area contributed by atoms with Crippen molar-refractivity contribution in [2.75, 3.05) is 12.3 Å². The van der Waals surface area contributed by atoms with Gasteiger partial charge in [-0.05, 0) is 37.6 Å². The fraction of sp³-hybridized carbons (Fsp3) is 0.357. The van der Waals surface area contributed by atoms with Gasteiger partial charge in [-0.25, -0.2) is 4.98 Å². The van der Waals surface area contributed by atoms with Gasteiger partial charge in [-0.15, -0.1) is 11.8 Å². The number of aromatic nitrogens is 1. The summed E-state index contributed by atoms with van der Waals surface area (Å²) in [5.74, 6) is 0. The number of benzene rings is 1. The number of hydrogen-bond acceptors (Lipinski definition) is 4. The Kier molecular flexibility index (Phi) is 3.14. The first-order valence-corrected chi connectivity index (χ1v) is 7.05. The van der Waals surface area contributed by atoms with E-state index >= 15 is 0 Å². The van der Waals surface area contributed by atoms with E-state index in [1.807, 2.05) is 30.0 Å². The number of pyridine rings is 1. The highest BCUT2D eigenvalue weighted by Gasteiger charge is 2.25. The molecule has 3 rings (SSSR count). The van der Waals surface area contributed by atoms with E-state index in [1.165, 1.54) is 0 Å². The molecule has 0 spiro atoms. The lowest BCUT2D eigenvalue weighted by atomic mass is 10.2. The molecule has 2 heterocycles. The lowest BCUT2D eigenvalue weighted by Crippen LogP contribution is -2.13. The average Bonchev–Trinajstić information content (AvgIpc) is 2.75. The van der Waals surface area contributed by atoms with Crippen molar-refractivity contribution < 1.29 is 4.74 Å². The molecule has 2 unspecified atom stereocenters. The lowest BCUT2D eigenvalue weighted by molar-refractivity contribution is 0.127. The van der Waals surface area contributed by atoms with Crippen LogP contribution in [-0.4, -0.2) is 22.9 Å². The number of anilines is 1. The van der Waals surface area contributed by atoms with E-state index in [9.17, 15) is 0 Å². The molecule has 0 radical (unpaired) electrons. The SMILES string of the molecule is CC1OCCC1Sc1ccc2cc(N)ccc2n1. The minimum absolute atomic E-state index is 0.318. The molecule has 1 fully saturated rings. The van der Waals surface area contributed by atoms with E-state index in [0.717, 1.165) is 34.6 Å². The Morgan fingerprint density at radius 2 is 2.22 bits per heavy atom. The Morgan fingerprint density at radius 3 is 3.00 bits per heavy atom. The second-order valence-electron chi connectivity index (χ2n) is 4.62. The molecule has 2 N–H and O–H groups in total. The Balaban J connectivity index is 1.86. The summed E-state index contributed by atoms with van der Waals surface area (Å²) in [4.78, 5) is 4.67. The van der Waals surface area contributed by atoms with E-state index in [2.05, 4.69) is 24.0 Å². The average molecular weight is 260 g/mol. The van der Waals surface area contributed by atoms with Crippen LogP contribution >= 0.6 is 11.8 Å². The normalized spacial score (nSPS) is 23.6. The second kappa shape index (κ2) is 4.78. The molecule has 3 nitrogen and oxygen atoms in total. The van der Waals surface area contributed by atoms with Crippen LogP contribution in [0.25, 0.3) is 10.9 Å². The number of ether oxygens (including phenoxy) is 1. The molecular weight excluding hydrogens is 244 g/mol. The maximum absolute atomic E-state index is 5.76. The predicted molar refractivity (Wildman–Crippen MR) is 75.8 cm³/mol. The standard InChI is InChI=1S/C14H16N2OS/c1-9-13(6-7-17-9)18-14-5-2-10-8-11(15)3-4-12(10)16-14/h2-5,8-9,13H,6-7,15H2,1H3. The lowest BCUT2D eigenvalue weighted by Gasteiger charge is -2.13.